The predicted octanol–water partition coefficient (Wildman–Crippen LogP) is 4.18. The Morgan fingerprint density at radius 3 is 2.58 bits per heavy atom. The maximum Gasteiger partial charge on any atom is 0.253 e. The molecule has 2 heterocycles. The van der Waals surface area contributed by atoms with Crippen molar-refractivity contribution < 1.29 is 4.79 Å². The Bertz CT molecular complexity index is 564. The Morgan fingerprint density at radius 2 is 1.92 bits per heavy atom. The third-order valence-electron chi connectivity index (χ3n) is 5.54. The van der Waals surface area contributed by atoms with Gasteiger partial charge in [0.15, 0.2) is 0 Å². The van der Waals surface area contributed by atoms with Gasteiger partial charge in [0.1, 0.15) is 0 Å². The molecule has 2 saturated heterocycles. The highest BCUT2D eigenvalue weighted by molar-refractivity contribution is 5.94. The molecule has 3 heteroatoms. The van der Waals surface area contributed by atoms with Crippen LogP contribution in [0.2, 0.25) is 0 Å². The summed E-state index contributed by atoms with van der Waals surface area (Å²) >= 11 is 0. The number of hydrogen-bond donors (Lipinski definition) is 0. The first-order valence-electron chi connectivity index (χ1n) is 9.53. The lowest BCUT2D eigenvalue weighted by atomic mass is 9.84. The van der Waals surface area contributed by atoms with E-state index in [1.165, 1.54) is 37.9 Å². The largest absolute Gasteiger partial charge is 0.338 e. The first-order valence-corrected chi connectivity index (χ1v) is 9.53. The minimum Gasteiger partial charge on any atom is -0.338 e. The molecule has 1 aromatic rings. The van der Waals surface area contributed by atoms with Gasteiger partial charge in [-0.3, -0.25) is 9.69 Å². The van der Waals surface area contributed by atoms with Crippen molar-refractivity contribution in [2.24, 2.45) is 11.3 Å². The first-order chi connectivity index (χ1) is 11.4. The van der Waals surface area contributed by atoms with Gasteiger partial charge >= 0.3 is 0 Å². The zero-order chi connectivity index (χ0) is 17.2. The molecule has 24 heavy (non-hydrogen) atoms. The summed E-state index contributed by atoms with van der Waals surface area (Å²) in [5.41, 5.74) is 2.40. The standard InChI is InChI=1S/C21H32N2O/c1-17-6-4-12-22(14-17)15-18-7-9-19(10-8-18)20(24)23-13-5-11-21(2,3)16-23/h7-10,17H,4-6,11-16H2,1-3H3/t17-/m0/s1. The summed E-state index contributed by atoms with van der Waals surface area (Å²) < 4.78 is 0. The molecular formula is C21H32N2O. The summed E-state index contributed by atoms with van der Waals surface area (Å²) in [4.78, 5) is 17.3. The molecule has 1 aromatic carbocycles. The smallest absolute Gasteiger partial charge is 0.253 e. The van der Waals surface area contributed by atoms with E-state index in [-0.39, 0.29) is 11.3 Å². The fraction of sp³-hybridized carbons (Fsp3) is 0.667. The van der Waals surface area contributed by atoms with Gasteiger partial charge in [-0.25, -0.2) is 0 Å². The zero-order valence-electron chi connectivity index (χ0n) is 15.6. The lowest BCUT2D eigenvalue weighted by molar-refractivity contribution is 0.0583. The Balaban J connectivity index is 1.60. The van der Waals surface area contributed by atoms with Crippen molar-refractivity contribution in [3.05, 3.63) is 35.4 Å². The Kier molecular flexibility index (Phi) is 5.29. The van der Waals surface area contributed by atoms with Crippen LogP contribution in [0, 0.1) is 11.3 Å². The monoisotopic (exact) mass is 328 g/mol. The molecule has 2 aliphatic heterocycles. The molecule has 1 atom stereocenters. The zero-order valence-corrected chi connectivity index (χ0v) is 15.6. The molecule has 0 unspecified atom stereocenters. The molecule has 2 aliphatic rings. The van der Waals surface area contributed by atoms with Crippen LogP contribution in [0.4, 0.5) is 0 Å². The molecule has 1 amide bonds. The van der Waals surface area contributed by atoms with Gasteiger partial charge in [-0.05, 0) is 61.3 Å². The van der Waals surface area contributed by atoms with E-state index in [1.807, 2.05) is 17.0 Å². The number of rotatable bonds is 3. The van der Waals surface area contributed by atoms with Crippen LogP contribution in [-0.2, 0) is 6.54 Å². The summed E-state index contributed by atoms with van der Waals surface area (Å²) in [6.07, 6.45) is 4.99. The SMILES string of the molecule is C[C@H]1CCCN(Cc2ccc(C(=O)N3CCCC(C)(C)C3)cc2)C1. The van der Waals surface area contributed by atoms with E-state index < -0.39 is 0 Å². The molecule has 0 aliphatic carbocycles. The molecular weight excluding hydrogens is 296 g/mol. The van der Waals surface area contributed by atoms with Gasteiger partial charge in [0, 0.05) is 31.7 Å². The van der Waals surface area contributed by atoms with Crippen molar-refractivity contribution in [3.63, 3.8) is 0 Å². The van der Waals surface area contributed by atoms with Crippen LogP contribution < -0.4 is 0 Å². The first kappa shape index (κ1) is 17.5. The predicted molar refractivity (Wildman–Crippen MR) is 99.0 cm³/mol. The number of piperidine rings is 2. The van der Waals surface area contributed by atoms with Crippen molar-refractivity contribution in [2.45, 2.75) is 53.0 Å². The van der Waals surface area contributed by atoms with Crippen LogP contribution in [-0.4, -0.2) is 41.9 Å². The number of benzene rings is 1. The number of amides is 1. The number of hydrogen-bond acceptors (Lipinski definition) is 2. The van der Waals surface area contributed by atoms with Crippen LogP contribution >= 0.6 is 0 Å². The summed E-state index contributed by atoms with van der Waals surface area (Å²) in [7, 11) is 0. The molecule has 2 fully saturated rings. The number of likely N-dealkylation sites (tertiary alicyclic amines) is 2. The van der Waals surface area contributed by atoms with E-state index in [2.05, 4.69) is 37.8 Å². The van der Waals surface area contributed by atoms with Gasteiger partial charge in [-0.2, -0.15) is 0 Å². The summed E-state index contributed by atoms with van der Waals surface area (Å²) in [5.74, 6) is 1.00. The van der Waals surface area contributed by atoms with Gasteiger partial charge in [0.25, 0.3) is 5.91 Å². The van der Waals surface area contributed by atoms with Gasteiger partial charge in [-0.1, -0.05) is 32.9 Å². The minimum absolute atomic E-state index is 0.195. The van der Waals surface area contributed by atoms with Crippen LogP contribution in [0.3, 0.4) is 0 Å². The summed E-state index contributed by atoms with van der Waals surface area (Å²) in [6, 6.07) is 8.32. The topological polar surface area (TPSA) is 23.6 Å². The maximum atomic E-state index is 12.7. The average molecular weight is 329 g/mol. The van der Waals surface area contributed by atoms with E-state index >= 15 is 0 Å². The lowest BCUT2D eigenvalue weighted by Gasteiger charge is -2.38. The molecule has 0 N–H and O–H groups in total. The van der Waals surface area contributed by atoms with Gasteiger partial charge in [0.05, 0.1) is 0 Å². The van der Waals surface area contributed by atoms with E-state index in [4.69, 9.17) is 0 Å². The Hall–Kier alpha value is -1.35. The van der Waals surface area contributed by atoms with Crippen molar-refractivity contribution in [3.8, 4) is 0 Å². The molecule has 0 bridgehead atoms. The van der Waals surface area contributed by atoms with Crippen LogP contribution in [0.5, 0.6) is 0 Å². The molecule has 0 aromatic heterocycles. The summed E-state index contributed by atoms with van der Waals surface area (Å²) in [6.45, 7) is 12.0. The molecule has 0 spiro atoms. The van der Waals surface area contributed by atoms with Crippen molar-refractivity contribution in [2.75, 3.05) is 26.2 Å². The lowest BCUT2D eigenvalue weighted by Crippen LogP contribution is -2.43. The van der Waals surface area contributed by atoms with Crippen LogP contribution in [0.25, 0.3) is 0 Å². The highest BCUT2D eigenvalue weighted by Gasteiger charge is 2.29. The fourth-order valence-electron chi connectivity index (χ4n) is 4.22. The number of carbonyl (C=O) groups excluding carboxylic acids is 1. The van der Waals surface area contributed by atoms with Crippen molar-refractivity contribution in [1.29, 1.82) is 0 Å². The van der Waals surface area contributed by atoms with Crippen LogP contribution in [0.15, 0.2) is 24.3 Å². The molecule has 0 saturated carbocycles. The third-order valence-corrected chi connectivity index (χ3v) is 5.54. The third kappa shape index (κ3) is 4.38. The molecule has 3 rings (SSSR count). The second-order valence-electron chi connectivity index (χ2n) is 8.67. The Morgan fingerprint density at radius 1 is 1.17 bits per heavy atom. The number of carbonyl (C=O) groups is 1. The highest BCUT2D eigenvalue weighted by Crippen LogP contribution is 2.29. The van der Waals surface area contributed by atoms with E-state index in [0.29, 0.717) is 0 Å². The normalized spacial score (nSPS) is 24.8. The molecule has 3 nitrogen and oxygen atoms in total. The summed E-state index contributed by atoms with van der Waals surface area (Å²) in [5, 5.41) is 0. The van der Waals surface area contributed by atoms with E-state index in [0.717, 1.165) is 37.5 Å². The van der Waals surface area contributed by atoms with E-state index in [1.54, 1.807) is 0 Å². The number of nitrogens with zero attached hydrogens (tertiary/aromatic N) is 2. The van der Waals surface area contributed by atoms with E-state index in [9.17, 15) is 4.79 Å². The minimum atomic E-state index is 0.195. The van der Waals surface area contributed by atoms with Crippen molar-refractivity contribution >= 4 is 5.91 Å². The highest BCUT2D eigenvalue weighted by atomic mass is 16.2. The fourth-order valence-corrected chi connectivity index (χ4v) is 4.22. The average Bonchev–Trinajstić information content (AvgIpc) is 2.54. The second kappa shape index (κ2) is 7.26. The van der Waals surface area contributed by atoms with Crippen molar-refractivity contribution in [1.82, 2.24) is 9.80 Å². The molecule has 132 valence electrons. The molecule has 0 radical (unpaired) electrons. The maximum absolute atomic E-state index is 12.7. The second-order valence-corrected chi connectivity index (χ2v) is 8.67. The van der Waals surface area contributed by atoms with Crippen LogP contribution in [0.1, 0.15) is 62.4 Å². The van der Waals surface area contributed by atoms with Gasteiger partial charge in [-0.15, -0.1) is 0 Å². The van der Waals surface area contributed by atoms with Gasteiger partial charge in [0.2, 0.25) is 0 Å². The Labute approximate surface area is 147 Å². The quantitative estimate of drug-likeness (QED) is 0.831. The van der Waals surface area contributed by atoms with Gasteiger partial charge < -0.3 is 4.90 Å².